The fourth-order valence-corrected chi connectivity index (χ4v) is 3.29. The zero-order chi connectivity index (χ0) is 15.4. The first-order chi connectivity index (χ1) is 9.23. The number of rotatable bonds is 6. The second kappa shape index (κ2) is 6.93. The molecule has 0 aromatic carbocycles. The maximum absolute atomic E-state index is 12.2. The van der Waals surface area contributed by atoms with Crippen molar-refractivity contribution in [3.8, 4) is 0 Å². The van der Waals surface area contributed by atoms with Gasteiger partial charge < -0.3 is 11.1 Å². The molecule has 0 saturated heterocycles. The number of nitrogens with two attached hydrogens (primary N) is 1. The van der Waals surface area contributed by atoms with Crippen LogP contribution in [0.2, 0.25) is 0 Å². The first kappa shape index (κ1) is 17.5. The summed E-state index contributed by atoms with van der Waals surface area (Å²) in [6.07, 6.45) is 7.56. The summed E-state index contributed by atoms with van der Waals surface area (Å²) in [5.41, 5.74) is 5.81. The van der Waals surface area contributed by atoms with E-state index < -0.39 is 5.54 Å². The Balaban J connectivity index is 2.45. The largest absolute Gasteiger partial charge is 0.352 e. The second-order valence-electron chi connectivity index (χ2n) is 7.53. The minimum atomic E-state index is -0.714. The lowest BCUT2D eigenvalue weighted by atomic mass is 9.69. The van der Waals surface area contributed by atoms with Crippen LogP contribution in [0.15, 0.2) is 0 Å². The zero-order valence-corrected chi connectivity index (χ0v) is 14.1. The Labute approximate surface area is 125 Å². The van der Waals surface area contributed by atoms with Crippen molar-refractivity contribution in [2.75, 3.05) is 0 Å². The van der Waals surface area contributed by atoms with Crippen molar-refractivity contribution in [2.24, 2.45) is 17.1 Å². The number of hydrogen-bond donors (Lipinski definition) is 2. The predicted molar refractivity (Wildman–Crippen MR) is 85.5 cm³/mol. The molecule has 0 spiro atoms. The van der Waals surface area contributed by atoms with Gasteiger partial charge in [0.2, 0.25) is 5.91 Å². The topological polar surface area (TPSA) is 55.1 Å². The molecule has 1 unspecified atom stereocenters. The van der Waals surface area contributed by atoms with Gasteiger partial charge in [0.15, 0.2) is 0 Å². The molecule has 20 heavy (non-hydrogen) atoms. The average molecular weight is 282 g/mol. The normalized spacial score (nSPS) is 26.9. The lowest BCUT2D eigenvalue weighted by Crippen LogP contribution is -2.54. The molecule has 1 amide bonds. The maximum Gasteiger partial charge on any atom is 0.240 e. The van der Waals surface area contributed by atoms with Gasteiger partial charge in [0, 0.05) is 6.04 Å². The molecule has 1 fully saturated rings. The van der Waals surface area contributed by atoms with E-state index in [2.05, 4.69) is 33.0 Å². The monoisotopic (exact) mass is 282 g/mol. The summed E-state index contributed by atoms with van der Waals surface area (Å²) in [7, 11) is 0. The molecule has 3 heteroatoms. The third-order valence-corrected chi connectivity index (χ3v) is 5.37. The van der Waals surface area contributed by atoms with E-state index in [4.69, 9.17) is 5.73 Å². The second-order valence-corrected chi connectivity index (χ2v) is 7.53. The standard InChI is InChI=1S/C17H34N2O/c1-6-12-17(5,18)15(20)19-14-10-8-13(9-11-14)16(3,4)7-2/h13-14H,6-12,18H2,1-5H3,(H,19,20). The Hall–Kier alpha value is -0.570. The minimum Gasteiger partial charge on any atom is -0.352 e. The number of nitrogens with one attached hydrogen (secondary N) is 1. The molecule has 1 aliphatic carbocycles. The van der Waals surface area contributed by atoms with Crippen molar-refractivity contribution in [3.63, 3.8) is 0 Å². The van der Waals surface area contributed by atoms with E-state index in [0.29, 0.717) is 11.5 Å². The Morgan fingerprint density at radius 1 is 1.15 bits per heavy atom. The van der Waals surface area contributed by atoms with Gasteiger partial charge in [-0.25, -0.2) is 0 Å². The number of carbonyl (C=O) groups is 1. The molecular weight excluding hydrogens is 248 g/mol. The lowest BCUT2D eigenvalue weighted by Gasteiger charge is -2.39. The molecule has 0 aromatic rings. The quantitative estimate of drug-likeness (QED) is 0.782. The summed E-state index contributed by atoms with van der Waals surface area (Å²) in [6.45, 7) is 10.9. The van der Waals surface area contributed by atoms with E-state index in [1.165, 1.54) is 19.3 Å². The molecule has 1 aliphatic rings. The van der Waals surface area contributed by atoms with Crippen molar-refractivity contribution in [1.82, 2.24) is 5.32 Å². The van der Waals surface area contributed by atoms with Crippen LogP contribution < -0.4 is 11.1 Å². The Bertz CT molecular complexity index is 315. The summed E-state index contributed by atoms with van der Waals surface area (Å²) in [6, 6.07) is 0.325. The van der Waals surface area contributed by atoms with Crippen LogP contribution in [0, 0.1) is 11.3 Å². The van der Waals surface area contributed by atoms with Crippen molar-refractivity contribution in [3.05, 3.63) is 0 Å². The summed E-state index contributed by atoms with van der Waals surface area (Å²) < 4.78 is 0. The fourth-order valence-electron chi connectivity index (χ4n) is 3.29. The Morgan fingerprint density at radius 2 is 1.70 bits per heavy atom. The van der Waals surface area contributed by atoms with Crippen LogP contribution in [0.4, 0.5) is 0 Å². The van der Waals surface area contributed by atoms with Crippen molar-refractivity contribution in [1.29, 1.82) is 0 Å². The molecule has 0 aromatic heterocycles. The van der Waals surface area contributed by atoms with Gasteiger partial charge in [-0.15, -0.1) is 0 Å². The van der Waals surface area contributed by atoms with Crippen LogP contribution >= 0.6 is 0 Å². The maximum atomic E-state index is 12.2. The first-order valence-electron chi connectivity index (χ1n) is 8.32. The minimum absolute atomic E-state index is 0.0255. The van der Waals surface area contributed by atoms with E-state index in [1.807, 2.05) is 6.92 Å². The number of hydrogen-bond acceptors (Lipinski definition) is 2. The molecule has 0 radical (unpaired) electrons. The van der Waals surface area contributed by atoms with E-state index >= 15 is 0 Å². The highest BCUT2D eigenvalue weighted by Crippen LogP contribution is 2.40. The summed E-state index contributed by atoms with van der Waals surface area (Å²) in [5.74, 6) is 0.818. The molecule has 1 saturated carbocycles. The van der Waals surface area contributed by atoms with Gasteiger partial charge in [0.05, 0.1) is 5.54 Å². The van der Waals surface area contributed by atoms with Gasteiger partial charge in [0.25, 0.3) is 0 Å². The van der Waals surface area contributed by atoms with Crippen molar-refractivity contribution >= 4 is 5.91 Å². The molecule has 3 nitrogen and oxygen atoms in total. The van der Waals surface area contributed by atoms with Crippen LogP contribution in [-0.2, 0) is 4.79 Å². The summed E-state index contributed by atoms with van der Waals surface area (Å²) >= 11 is 0. The van der Waals surface area contributed by atoms with Crippen LogP contribution in [-0.4, -0.2) is 17.5 Å². The molecule has 0 bridgehead atoms. The van der Waals surface area contributed by atoms with Crippen molar-refractivity contribution < 1.29 is 4.79 Å². The highest BCUT2D eigenvalue weighted by Gasteiger charge is 2.34. The first-order valence-corrected chi connectivity index (χ1v) is 8.32. The predicted octanol–water partition coefficient (Wildman–Crippen LogP) is 3.62. The molecule has 3 N–H and O–H groups in total. The SMILES string of the molecule is CCCC(C)(N)C(=O)NC1CCC(C(C)(C)CC)CC1. The Kier molecular flexibility index (Phi) is 6.06. The average Bonchev–Trinajstić information content (AvgIpc) is 2.39. The third-order valence-electron chi connectivity index (χ3n) is 5.37. The molecule has 0 aliphatic heterocycles. The summed E-state index contributed by atoms with van der Waals surface area (Å²) in [4.78, 5) is 12.2. The van der Waals surface area contributed by atoms with Gasteiger partial charge >= 0.3 is 0 Å². The molecular formula is C17H34N2O. The lowest BCUT2D eigenvalue weighted by molar-refractivity contribution is -0.127. The van der Waals surface area contributed by atoms with Gasteiger partial charge in [-0.05, 0) is 50.4 Å². The molecule has 118 valence electrons. The van der Waals surface area contributed by atoms with E-state index in [-0.39, 0.29) is 5.91 Å². The highest BCUT2D eigenvalue weighted by atomic mass is 16.2. The van der Waals surface area contributed by atoms with Crippen LogP contribution in [0.25, 0.3) is 0 Å². The smallest absolute Gasteiger partial charge is 0.240 e. The molecule has 1 rings (SSSR count). The van der Waals surface area contributed by atoms with Crippen LogP contribution in [0.1, 0.15) is 79.6 Å². The number of amides is 1. The van der Waals surface area contributed by atoms with Gasteiger partial charge in [-0.3, -0.25) is 4.79 Å². The third kappa shape index (κ3) is 4.47. The van der Waals surface area contributed by atoms with Crippen LogP contribution in [0.5, 0.6) is 0 Å². The summed E-state index contributed by atoms with van der Waals surface area (Å²) in [5, 5.41) is 3.17. The molecule has 1 atom stereocenters. The van der Waals surface area contributed by atoms with E-state index in [1.54, 1.807) is 0 Å². The van der Waals surface area contributed by atoms with E-state index in [0.717, 1.165) is 31.6 Å². The van der Waals surface area contributed by atoms with Gasteiger partial charge in [-0.1, -0.05) is 40.5 Å². The van der Waals surface area contributed by atoms with Gasteiger partial charge in [0.1, 0.15) is 0 Å². The van der Waals surface area contributed by atoms with E-state index in [9.17, 15) is 4.79 Å². The Morgan fingerprint density at radius 3 is 2.15 bits per heavy atom. The molecule has 0 heterocycles. The number of carbonyl (C=O) groups excluding carboxylic acids is 1. The van der Waals surface area contributed by atoms with Crippen LogP contribution in [0.3, 0.4) is 0 Å². The van der Waals surface area contributed by atoms with Gasteiger partial charge in [-0.2, -0.15) is 0 Å². The highest BCUT2D eigenvalue weighted by molar-refractivity contribution is 5.85. The fraction of sp³-hybridized carbons (Fsp3) is 0.941. The zero-order valence-electron chi connectivity index (χ0n) is 14.1. The van der Waals surface area contributed by atoms with Crippen molar-refractivity contribution in [2.45, 2.75) is 91.1 Å².